The zero-order chi connectivity index (χ0) is 26.2. The largest absolute Gasteiger partial charge is 0.465 e. The van der Waals surface area contributed by atoms with Crippen LogP contribution in [0.3, 0.4) is 0 Å². The van der Waals surface area contributed by atoms with Gasteiger partial charge in [-0.25, -0.2) is 4.79 Å². The number of ether oxygens (including phenoxy) is 1. The minimum absolute atomic E-state index is 0.0803. The van der Waals surface area contributed by atoms with E-state index >= 15 is 0 Å². The van der Waals surface area contributed by atoms with Crippen LogP contribution < -0.4 is 15.5 Å². The van der Waals surface area contributed by atoms with Gasteiger partial charge in [0, 0.05) is 41.0 Å². The predicted molar refractivity (Wildman–Crippen MR) is 139 cm³/mol. The highest BCUT2D eigenvalue weighted by atomic mass is 16.5. The highest BCUT2D eigenvalue weighted by Crippen LogP contribution is 2.21. The Morgan fingerprint density at radius 3 is 2.30 bits per heavy atom. The average Bonchev–Trinajstić information content (AvgIpc) is 3.36. The van der Waals surface area contributed by atoms with Crippen LogP contribution in [0.15, 0.2) is 72.8 Å². The van der Waals surface area contributed by atoms with E-state index in [4.69, 9.17) is 4.74 Å². The Morgan fingerprint density at radius 1 is 0.919 bits per heavy atom. The molecule has 0 bridgehead atoms. The van der Waals surface area contributed by atoms with Gasteiger partial charge in [-0.05, 0) is 67.1 Å². The van der Waals surface area contributed by atoms with Gasteiger partial charge in [-0.3, -0.25) is 14.4 Å². The summed E-state index contributed by atoms with van der Waals surface area (Å²) < 4.78 is 4.73. The van der Waals surface area contributed by atoms with Gasteiger partial charge < -0.3 is 20.3 Å². The molecule has 8 nitrogen and oxygen atoms in total. The number of esters is 1. The molecule has 1 aliphatic rings. The lowest BCUT2D eigenvalue weighted by Gasteiger charge is -2.15. The third kappa shape index (κ3) is 6.61. The molecule has 8 heteroatoms. The summed E-state index contributed by atoms with van der Waals surface area (Å²) in [6, 6.07) is 20.5. The second-order valence-corrected chi connectivity index (χ2v) is 8.33. The number of hydrogen-bond acceptors (Lipinski definition) is 5. The van der Waals surface area contributed by atoms with Gasteiger partial charge in [0.15, 0.2) is 0 Å². The van der Waals surface area contributed by atoms with Gasteiger partial charge >= 0.3 is 5.97 Å². The molecule has 3 aromatic rings. The summed E-state index contributed by atoms with van der Waals surface area (Å²) in [5, 5.41) is 5.34. The second kappa shape index (κ2) is 11.7. The van der Waals surface area contributed by atoms with Crippen LogP contribution in [-0.4, -0.2) is 43.9 Å². The topological polar surface area (TPSA) is 105 Å². The lowest BCUT2D eigenvalue weighted by molar-refractivity contribution is -0.117. The van der Waals surface area contributed by atoms with Gasteiger partial charge in [-0.15, -0.1) is 0 Å². The van der Waals surface area contributed by atoms with Crippen LogP contribution in [-0.2, 0) is 14.3 Å². The van der Waals surface area contributed by atoms with Gasteiger partial charge in [0.05, 0.1) is 19.2 Å². The first-order valence-corrected chi connectivity index (χ1v) is 11.7. The number of hydrogen-bond donors (Lipinski definition) is 2. The number of rotatable bonds is 6. The van der Waals surface area contributed by atoms with Crippen LogP contribution in [0.4, 0.5) is 11.4 Å². The molecule has 3 amide bonds. The van der Waals surface area contributed by atoms with E-state index in [1.807, 2.05) is 0 Å². The van der Waals surface area contributed by atoms with E-state index in [1.54, 1.807) is 77.7 Å². The summed E-state index contributed by atoms with van der Waals surface area (Å²) >= 11 is 0. The van der Waals surface area contributed by atoms with Crippen molar-refractivity contribution in [2.45, 2.75) is 12.8 Å². The number of carbonyl (C=O) groups excluding carboxylic acids is 4. The smallest absolute Gasteiger partial charge is 0.337 e. The number of nitrogens with one attached hydrogen (secondary N) is 2. The average molecular weight is 496 g/mol. The molecule has 2 N–H and O–H groups in total. The summed E-state index contributed by atoms with van der Waals surface area (Å²) in [6.45, 7) is 0.474. The molecule has 0 aromatic heterocycles. The van der Waals surface area contributed by atoms with Crippen molar-refractivity contribution in [2.75, 3.05) is 30.4 Å². The van der Waals surface area contributed by atoms with Crippen LogP contribution in [0.25, 0.3) is 0 Å². The van der Waals surface area contributed by atoms with Crippen molar-refractivity contribution in [2.24, 2.45) is 0 Å². The fraction of sp³-hybridized carbons (Fsp3) is 0.172. The quantitative estimate of drug-likeness (QED) is 0.403. The molecule has 4 rings (SSSR count). The Kier molecular flexibility index (Phi) is 7.96. The van der Waals surface area contributed by atoms with Crippen molar-refractivity contribution in [3.63, 3.8) is 0 Å². The van der Waals surface area contributed by atoms with Crippen LogP contribution in [0.5, 0.6) is 0 Å². The number of nitrogens with zero attached hydrogens (tertiary/aromatic N) is 1. The maximum atomic E-state index is 12.4. The van der Waals surface area contributed by atoms with Gasteiger partial charge in [0.1, 0.15) is 0 Å². The molecule has 3 aromatic carbocycles. The molecule has 0 atom stereocenters. The first-order valence-electron chi connectivity index (χ1n) is 11.7. The number of methoxy groups -OCH3 is 1. The summed E-state index contributed by atoms with van der Waals surface area (Å²) in [6.07, 6.45) is 1.37. The molecule has 0 spiro atoms. The summed E-state index contributed by atoms with van der Waals surface area (Å²) in [5.74, 6) is 4.88. The molecule has 1 heterocycles. The van der Waals surface area contributed by atoms with Crippen molar-refractivity contribution >= 4 is 35.1 Å². The third-order valence-electron chi connectivity index (χ3n) is 5.71. The minimum Gasteiger partial charge on any atom is -0.465 e. The monoisotopic (exact) mass is 495 g/mol. The van der Waals surface area contributed by atoms with E-state index < -0.39 is 5.97 Å². The minimum atomic E-state index is -0.434. The lowest BCUT2D eigenvalue weighted by Crippen LogP contribution is -2.32. The van der Waals surface area contributed by atoms with Crippen LogP contribution in [0.2, 0.25) is 0 Å². The Balaban J connectivity index is 1.31. The number of anilines is 2. The number of amides is 3. The summed E-state index contributed by atoms with van der Waals surface area (Å²) in [7, 11) is 1.32. The van der Waals surface area contributed by atoms with E-state index in [9.17, 15) is 19.2 Å². The molecule has 0 saturated carbocycles. The maximum absolute atomic E-state index is 12.4. The van der Waals surface area contributed by atoms with Crippen LogP contribution in [0, 0.1) is 11.8 Å². The molecule has 186 valence electrons. The molecule has 37 heavy (non-hydrogen) atoms. The third-order valence-corrected chi connectivity index (χ3v) is 5.71. The first-order chi connectivity index (χ1) is 17.9. The normalized spacial score (nSPS) is 12.4. The molecule has 1 saturated heterocycles. The molecular weight excluding hydrogens is 470 g/mol. The second-order valence-electron chi connectivity index (χ2n) is 8.33. The van der Waals surface area contributed by atoms with Crippen molar-refractivity contribution in [3.05, 3.63) is 95.1 Å². The van der Waals surface area contributed by atoms with Crippen molar-refractivity contribution in [1.29, 1.82) is 0 Å². The zero-order valence-electron chi connectivity index (χ0n) is 20.2. The number of carbonyl (C=O) groups is 4. The molecule has 0 aliphatic carbocycles. The van der Waals surface area contributed by atoms with Gasteiger partial charge in [0.2, 0.25) is 11.8 Å². The van der Waals surface area contributed by atoms with E-state index in [2.05, 4.69) is 22.5 Å². The fourth-order valence-electron chi connectivity index (χ4n) is 3.84. The van der Waals surface area contributed by atoms with E-state index in [-0.39, 0.29) is 24.3 Å². The number of benzene rings is 3. The van der Waals surface area contributed by atoms with E-state index in [1.165, 1.54) is 7.11 Å². The van der Waals surface area contributed by atoms with Gasteiger partial charge in [-0.1, -0.05) is 24.0 Å². The maximum Gasteiger partial charge on any atom is 0.337 e. The standard InChI is InChI=1S/C29H25N3O5/c1-37-29(36)23-7-2-5-20(17-23)10-11-21-6-3-8-24(18-21)31-26(33)19-30-28(35)22-12-14-25(15-13-22)32-16-4-9-27(32)34/h2-3,5-8,12-15,17-18H,4,9,16,19H2,1H3,(H,30,35)(H,31,33). The highest BCUT2D eigenvalue weighted by Gasteiger charge is 2.21. The Morgan fingerprint density at radius 2 is 1.62 bits per heavy atom. The van der Waals surface area contributed by atoms with E-state index in [0.29, 0.717) is 40.9 Å². The van der Waals surface area contributed by atoms with Crippen molar-refractivity contribution in [1.82, 2.24) is 5.32 Å². The Hall–Kier alpha value is -4.90. The van der Waals surface area contributed by atoms with E-state index in [0.717, 1.165) is 12.1 Å². The SMILES string of the molecule is COC(=O)c1cccc(C#Cc2cccc(NC(=O)CNC(=O)c3ccc(N4CCCC4=O)cc3)c2)c1. The summed E-state index contributed by atoms with van der Waals surface area (Å²) in [4.78, 5) is 50.1. The fourth-order valence-corrected chi connectivity index (χ4v) is 3.84. The van der Waals surface area contributed by atoms with Crippen LogP contribution in [0.1, 0.15) is 44.7 Å². The summed E-state index contributed by atoms with van der Waals surface area (Å²) in [5.41, 5.74) is 3.43. The van der Waals surface area contributed by atoms with Gasteiger partial charge in [0.25, 0.3) is 5.91 Å². The Bertz CT molecular complexity index is 1400. The molecule has 0 radical (unpaired) electrons. The molecule has 1 aliphatic heterocycles. The van der Waals surface area contributed by atoms with Crippen LogP contribution >= 0.6 is 0 Å². The van der Waals surface area contributed by atoms with Crippen molar-refractivity contribution in [3.8, 4) is 11.8 Å². The molecule has 1 fully saturated rings. The lowest BCUT2D eigenvalue weighted by atomic mass is 10.1. The predicted octanol–water partition coefficient (Wildman–Crippen LogP) is 3.37. The highest BCUT2D eigenvalue weighted by molar-refractivity contribution is 6.00. The molecular formula is C29H25N3O5. The zero-order valence-corrected chi connectivity index (χ0v) is 20.2. The molecule has 0 unspecified atom stereocenters. The first kappa shape index (κ1) is 25.2. The Labute approximate surface area is 214 Å². The van der Waals surface area contributed by atoms with Crippen molar-refractivity contribution < 1.29 is 23.9 Å². The van der Waals surface area contributed by atoms with Gasteiger partial charge in [-0.2, -0.15) is 0 Å².